The van der Waals surface area contributed by atoms with Crippen molar-refractivity contribution >= 4 is 0 Å². The average Bonchev–Trinajstić information content (AvgIpc) is 3.17. The molecule has 3 aromatic rings. The van der Waals surface area contributed by atoms with Gasteiger partial charge in [-0.25, -0.2) is 4.68 Å². The van der Waals surface area contributed by atoms with Crippen LogP contribution >= 0.6 is 0 Å². The minimum absolute atomic E-state index is 0.122. The highest BCUT2D eigenvalue weighted by molar-refractivity contribution is 5.28. The molecule has 140 valence electrons. The number of benzene rings is 1. The van der Waals surface area contributed by atoms with Crippen molar-refractivity contribution in [3.63, 3.8) is 0 Å². The molecule has 2 unspecified atom stereocenters. The van der Waals surface area contributed by atoms with Gasteiger partial charge in [-0.3, -0.25) is 4.98 Å². The van der Waals surface area contributed by atoms with Gasteiger partial charge in [-0.1, -0.05) is 30.2 Å². The maximum Gasteiger partial charge on any atom is 0.119 e. The Kier molecular flexibility index (Phi) is 5.44. The van der Waals surface area contributed by atoms with Crippen molar-refractivity contribution in [2.75, 3.05) is 0 Å². The van der Waals surface area contributed by atoms with E-state index in [9.17, 15) is 5.11 Å². The Morgan fingerprint density at radius 3 is 2.56 bits per heavy atom. The molecular weight excluding hydrogens is 340 g/mol. The van der Waals surface area contributed by atoms with Gasteiger partial charge in [-0.15, -0.1) is 5.10 Å². The molecule has 0 spiro atoms. The Morgan fingerprint density at radius 1 is 1.00 bits per heavy atom. The van der Waals surface area contributed by atoms with Crippen LogP contribution in [0, 0.1) is 0 Å². The summed E-state index contributed by atoms with van der Waals surface area (Å²) < 4.78 is 7.64. The number of hydrogen-bond acceptors (Lipinski definition) is 5. The monoisotopic (exact) mass is 364 g/mol. The van der Waals surface area contributed by atoms with Crippen molar-refractivity contribution in [1.82, 2.24) is 20.0 Å². The van der Waals surface area contributed by atoms with Crippen LogP contribution in [0.4, 0.5) is 0 Å². The Labute approximate surface area is 158 Å². The highest BCUT2D eigenvalue weighted by atomic mass is 16.5. The van der Waals surface area contributed by atoms with Crippen molar-refractivity contribution in [3.05, 3.63) is 71.8 Å². The SMILES string of the molecule is OC1CCCCC1c1cn(Cc2ccc(OCc3ccncc3)cc2)nn1. The summed E-state index contributed by atoms with van der Waals surface area (Å²) in [7, 11) is 0. The van der Waals surface area contributed by atoms with Gasteiger partial charge < -0.3 is 9.84 Å². The number of ether oxygens (including phenoxy) is 1. The molecule has 0 saturated heterocycles. The van der Waals surface area contributed by atoms with Crippen LogP contribution in [0.15, 0.2) is 55.0 Å². The molecule has 1 aromatic carbocycles. The maximum atomic E-state index is 10.2. The third-order valence-electron chi connectivity index (χ3n) is 5.09. The molecule has 1 N–H and O–H groups in total. The molecule has 1 saturated carbocycles. The molecule has 6 heteroatoms. The van der Waals surface area contributed by atoms with E-state index in [1.54, 1.807) is 12.4 Å². The van der Waals surface area contributed by atoms with E-state index in [1.807, 2.05) is 47.3 Å². The van der Waals surface area contributed by atoms with Crippen LogP contribution in [-0.4, -0.2) is 31.2 Å². The molecule has 2 heterocycles. The molecule has 4 rings (SSSR count). The summed E-state index contributed by atoms with van der Waals surface area (Å²) in [5.74, 6) is 0.955. The summed E-state index contributed by atoms with van der Waals surface area (Å²) in [4.78, 5) is 4.00. The van der Waals surface area contributed by atoms with Crippen LogP contribution in [0.3, 0.4) is 0 Å². The van der Waals surface area contributed by atoms with Gasteiger partial charge in [-0.2, -0.15) is 0 Å². The van der Waals surface area contributed by atoms with Gasteiger partial charge >= 0.3 is 0 Å². The molecular formula is C21H24N4O2. The molecule has 1 aliphatic carbocycles. The number of rotatable bonds is 6. The van der Waals surface area contributed by atoms with Gasteiger partial charge in [0.15, 0.2) is 0 Å². The predicted octanol–water partition coefficient (Wildman–Crippen LogP) is 3.32. The van der Waals surface area contributed by atoms with E-state index in [2.05, 4.69) is 15.3 Å². The topological polar surface area (TPSA) is 73.1 Å². The number of pyridine rings is 1. The van der Waals surface area contributed by atoms with Gasteiger partial charge in [0.1, 0.15) is 12.4 Å². The summed E-state index contributed by atoms with van der Waals surface area (Å²) in [6, 6.07) is 11.9. The van der Waals surface area contributed by atoms with E-state index < -0.39 is 0 Å². The Morgan fingerprint density at radius 2 is 1.78 bits per heavy atom. The molecule has 2 atom stereocenters. The van der Waals surface area contributed by atoms with E-state index in [0.717, 1.165) is 48.3 Å². The minimum Gasteiger partial charge on any atom is -0.489 e. The lowest BCUT2D eigenvalue weighted by Crippen LogP contribution is -2.22. The second-order valence-electron chi connectivity index (χ2n) is 7.09. The zero-order chi connectivity index (χ0) is 18.5. The fourth-order valence-corrected chi connectivity index (χ4v) is 3.54. The molecule has 0 aliphatic heterocycles. The standard InChI is InChI=1S/C21H24N4O2/c26-21-4-2-1-3-19(21)20-14-25(24-23-20)13-16-5-7-18(8-6-16)27-15-17-9-11-22-12-10-17/h5-12,14,19,21,26H,1-4,13,15H2. The summed E-state index contributed by atoms with van der Waals surface area (Å²) in [5.41, 5.74) is 3.13. The van der Waals surface area contributed by atoms with Crippen LogP contribution in [0.25, 0.3) is 0 Å². The van der Waals surface area contributed by atoms with E-state index >= 15 is 0 Å². The number of nitrogens with zero attached hydrogens (tertiary/aromatic N) is 4. The van der Waals surface area contributed by atoms with E-state index in [1.165, 1.54) is 0 Å². The highest BCUT2D eigenvalue weighted by Crippen LogP contribution is 2.31. The van der Waals surface area contributed by atoms with Crippen molar-refractivity contribution in [1.29, 1.82) is 0 Å². The van der Waals surface area contributed by atoms with Gasteiger partial charge in [0.2, 0.25) is 0 Å². The second-order valence-corrected chi connectivity index (χ2v) is 7.09. The van der Waals surface area contributed by atoms with Gasteiger partial charge in [0.05, 0.1) is 18.3 Å². The number of aliphatic hydroxyl groups excluding tert-OH is 1. The third kappa shape index (κ3) is 4.52. The van der Waals surface area contributed by atoms with E-state index in [0.29, 0.717) is 13.2 Å². The lowest BCUT2D eigenvalue weighted by molar-refractivity contribution is 0.104. The van der Waals surface area contributed by atoms with Crippen LogP contribution in [0.5, 0.6) is 5.75 Å². The number of aliphatic hydroxyl groups is 1. The zero-order valence-corrected chi connectivity index (χ0v) is 15.2. The van der Waals surface area contributed by atoms with Crippen molar-refractivity contribution < 1.29 is 9.84 Å². The Hall–Kier alpha value is -2.73. The molecule has 1 fully saturated rings. The summed E-state index contributed by atoms with van der Waals surface area (Å²) in [5, 5.41) is 18.7. The fourth-order valence-electron chi connectivity index (χ4n) is 3.54. The third-order valence-corrected chi connectivity index (χ3v) is 5.09. The van der Waals surface area contributed by atoms with Gasteiger partial charge in [0, 0.05) is 24.5 Å². The van der Waals surface area contributed by atoms with Crippen molar-refractivity contribution in [2.45, 2.75) is 50.9 Å². The predicted molar refractivity (Wildman–Crippen MR) is 101 cm³/mol. The average molecular weight is 364 g/mol. The summed E-state index contributed by atoms with van der Waals surface area (Å²) >= 11 is 0. The van der Waals surface area contributed by atoms with Gasteiger partial charge in [0.25, 0.3) is 0 Å². The molecule has 27 heavy (non-hydrogen) atoms. The smallest absolute Gasteiger partial charge is 0.119 e. The highest BCUT2D eigenvalue weighted by Gasteiger charge is 2.26. The quantitative estimate of drug-likeness (QED) is 0.726. The van der Waals surface area contributed by atoms with Crippen LogP contribution in [0.2, 0.25) is 0 Å². The molecule has 1 aliphatic rings. The van der Waals surface area contributed by atoms with Crippen LogP contribution < -0.4 is 4.74 Å². The lowest BCUT2D eigenvalue weighted by atomic mass is 9.85. The van der Waals surface area contributed by atoms with Crippen molar-refractivity contribution in [2.24, 2.45) is 0 Å². The second kappa shape index (κ2) is 8.31. The molecule has 6 nitrogen and oxygen atoms in total. The van der Waals surface area contributed by atoms with E-state index in [-0.39, 0.29) is 12.0 Å². The number of hydrogen-bond donors (Lipinski definition) is 1. The fraction of sp³-hybridized carbons (Fsp3) is 0.381. The molecule has 2 aromatic heterocycles. The maximum absolute atomic E-state index is 10.2. The van der Waals surface area contributed by atoms with E-state index in [4.69, 9.17) is 4.74 Å². The minimum atomic E-state index is -0.291. The van der Waals surface area contributed by atoms with Crippen LogP contribution in [-0.2, 0) is 13.2 Å². The van der Waals surface area contributed by atoms with Gasteiger partial charge in [-0.05, 0) is 48.2 Å². The first-order valence-electron chi connectivity index (χ1n) is 9.47. The lowest BCUT2D eigenvalue weighted by Gasteiger charge is -2.25. The normalized spacial score (nSPS) is 19.7. The summed E-state index contributed by atoms with van der Waals surface area (Å²) in [6.07, 6.45) is 9.30. The molecule has 0 amide bonds. The first kappa shape index (κ1) is 17.7. The molecule has 0 radical (unpaired) electrons. The molecule has 0 bridgehead atoms. The largest absolute Gasteiger partial charge is 0.489 e. The number of aromatic nitrogens is 4. The first-order valence-corrected chi connectivity index (χ1v) is 9.47. The first-order chi connectivity index (χ1) is 13.3. The summed E-state index contributed by atoms with van der Waals surface area (Å²) in [6.45, 7) is 1.18. The Balaban J connectivity index is 1.34. The Bertz CT molecular complexity index is 848. The van der Waals surface area contributed by atoms with Crippen molar-refractivity contribution in [3.8, 4) is 5.75 Å². The zero-order valence-electron chi connectivity index (χ0n) is 15.2. The van der Waals surface area contributed by atoms with Crippen LogP contribution in [0.1, 0.15) is 48.4 Å².